The van der Waals surface area contributed by atoms with Crippen molar-refractivity contribution in [3.05, 3.63) is 85.1 Å². The molecule has 0 radical (unpaired) electrons. The van der Waals surface area contributed by atoms with Crippen molar-refractivity contribution < 1.29 is 49.3 Å². The van der Waals surface area contributed by atoms with Crippen molar-refractivity contribution in [2.24, 2.45) is 0 Å². The Kier molecular flexibility index (Phi) is 63.1. The summed E-state index contributed by atoms with van der Waals surface area (Å²) in [6, 6.07) is -1.03. The maximum absolute atomic E-state index is 13.5. The van der Waals surface area contributed by atoms with Crippen LogP contribution in [0.4, 0.5) is 0 Å². The molecule has 8 unspecified atom stereocenters. The molecule has 528 valence electrons. The van der Waals surface area contributed by atoms with Crippen LogP contribution in [-0.2, 0) is 23.8 Å². The lowest BCUT2D eigenvalue weighted by atomic mass is 9.99. The van der Waals surface area contributed by atoms with E-state index in [-0.39, 0.29) is 13.0 Å². The van der Waals surface area contributed by atoms with Crippen molar-refractivity contribution in [1.82, 2.24) is 5.32 Å². The largest absolute Gasteiger partial charge is 0.454 e. The number of hydrogen-bond acceptors (Lipinski definition) is 10. The molecule has 0 saturated carbocycles. The second-order valence-electron chi connectivity index (χ2n) is 26.4. The summed E-state index contributed by atoms with van der Waals surface area (Å²) >= 11 is 0. The van der Waals surface area contributed by atoms with Gasteiger partial charge in [-0.1, -0.05) is 331 Å². The Labute approximate surface area is 559 Å². The number of ether oxygens (including phenoxy) is 3. The summed E-state index contributed by atoms with van der Waals surface area (Å²) in [5.74, 6) is -1.19. The van der Waals surface area contributed by atoms with Gasteiger partial charge in [0.05, 0.1) is 25.4 Å². The highest BCUT2D eigenvalue weighted by atomic mass is 16.7. The molecule has 1 heterocycles. The number of aliphatic hydroxyl groups excluding tert-OH is 5. The third-order valence-corrected chi connectivity index (χ3v) is 17.8. The molecule has 0 spiro atoms. The molecule has 0 bridgehead atoms. The van der Waals surface area contributed by atoms with Gasteiger partial charge in [-0.05, 0) is 96.3 Å². The van der Waals surface area contributed by atoms with E-state index in [2.05, 4.69) is 99.0 Å². The van der Waals surface area contributed by atoms with Crippen molar-refractivity contribution in [1.29, 1.82) is 0 Å². The summed E-state index contributed by atoms with van der Waals surface area (Å²) < 4.78 is 17.7. The maximum Gasteiger partial charge on any atom is 0.306 e. The Morgan fingerprint density at radius 1 is 0.440 bits per heavy atom. The molecule has 0 aliphatic carbocycles. The van der Waals surface area contributed by atoms with Crippen LogP contribution >= 0.6 is 0 Å². The lowest BCUT2D eigenvalue weighted by molar-refractivity contribution is -0.305. The average Bonchev–Trinajstić information content (AvgIpc) is 1.13. The molecule has 91 heavy (non-hydrogen) atoms. The number of hydrogen-bond donors (Lipinski definition) is 6. The van der Waals surface area contributed by atoms with Crippen LogP contribution in [-0.4, -0.2) is 99.6 Å². The van der Waals surface area contributed by atoms with E-state index in [0.717, 1.165) is 103 Å². The van der Waals surface area contributed by atoms with Crippen molar-refractivity contribution in [3.63, 3.8) is 0 Å². The third kappa shape index (κ3) is 53.7. The third-order valence-electron chi connectivity index (χ3n) is 17.8. The molecule has 1 aliphatic heterocycles. The standard InChI is InChI=1S/C80H143NO10/c1-4-7-10-13-16-19-22-24-26-28-30-32-34-36-38-39-41-43-45-47-49-52-55-58-61-64-67-73(84)79(88)81-71(72(83)66-63-60-57-54-51-21-18-15-12-9-6-3)70-89-80-78(77(87)76(86)74(69-82)90-80)91-75(85)68-65-62-59-56-53-50-48-46-44-42-40-37-35-33-31-29-27-25-23-20-17-14-11-8-5-2/h8,11,17,20,24-27,31,33,37,40,63,66,71-74,76-78,80,82-84,86-87H,4-7,9-10,12-16,18-19,21-23,28-30,32,34-36,38-39,41-62,64-65,67-70H2,1-3H3,(H,81,88)/b11-8-,20-17-,26-24+,27-25-,33-31-,40-37-,66-63+. The normalized spacial score (nSPS) is 18.4. The van der Waals surface area contributed by atoms with Crippen molar-refractivity contribution in [2.45, 2.75) is 397 Å². The van der Waals surface area contributed by atoms with E-state index >= 15 is 0 Å². The number of aliphatic hydroxyl groups is 5. The second-order valence-corrected chi connectivity index (χ2v) is 26.4. The number of nitrogens with one attached hydrogen (secondary N) is 1. The predicted molar refractivity (Wildman–Crippen MR) is 384 cm³/mol. The summed E-state index contributed by atoms with van der Waals surface area (Å²) in [6.07, 6.45) is 79.2. The van der Waals surface area contributed by atoms with E-state index in [1.165, 1.54) is 199 Å². The van der Waals surface area contributed by atoms with Crippen molar-refractivity contribution >= 4 is 11.9 Å². The molecule has 11 nitrogen and oxygen atoms in total. The van der Waals surface area contributed by atoms with Gasteiger partial charge >= 0.3 is 5.97 Å². The van der Waals surface area contributed by atoms with E-state index in [9.17, 15) is 35.1 Å². The fourth-order valence-electron chi connectivity index (χ4n) is 11.8. The molecular weight excluding hydrogens is 1130 g/mol. The van der Waals surface area contributed by atoms with Crippen LogP contribution in [0.2, 0.25) is 0 Å². The molecule has 1 fully saturated rings. The van der Waals surface area contributed by atoms with E-state index in [1.807, 2.05) is 6.08 Å². The fraction of sp³-hybridized carbons (Fsp3) is 0.800. The Morgan fingerprint density at radius 2 is 0.791 bits per heavy atom. The highest BCUT2D eigenvalue weighted by Gasteiger charge is 2.47. The SMILES string of the molecule is CC/C=C\C/C=C\C/C=C\C/C=C\C/C=C\CCCCCCCCCCCC(=O)OC1C(OCC(NC(=O)C(O)CCCCCCCCCCCCCCCCCC/C=C/CCCCCCCC)C(O)/C=C/CCCCCCCCCCC)OC(CO)C(O)C1O. The van der Waals surface area contributed by atoms with Gasteiger partial charge in [0.25, 0.3) is 0 Å². The van der Waals surface area contributed by atoms with Crippen LogP contribution in [0.5, 0.6) is 0 Å². The van der Waals surface area contributed by atoms with Gasteiger partial charge in [0.15, 0.2) is 12.4 Å². The predicted octanol–water partition coefficient (Wildman–Crippen LogP) is 20.4. The first kappa shape index (κ1) is 85.9. The number of allylic oxidation sites excluding steroid dienone is 13. The lowest BCUT2D eigenvalue weighted by Gasteiger charge is -2.41. The van der Waals surface area contributed by atoms with Gasteiger partial charge in [-0.25, -0.2) is 0 Å². The molecule has 8 atom stereocenters. The Bertz CT molecular complexity index is 1810. The number of rotatable bonds is 66. The van der Waals surface area contributed by atoms with E-state index in [4.69, 9.17) is 14.2 Å². The zero-order chi connectivity index (χ0) is 66.0. The number of unbranched alkanes of at least 4 members (excludes halogenated alkanes) is 40. The number of esters is 1. The Hall–Kier alpha value is -3.16. The summed E-state index contributed by atoms with van der Waals surface area (Å²) in [6.45, 7) is 5.71. The molecule has 1 amide bonds. The number of amides is 1. The topological polar surface area (TPSA) is 175 Å². The van der Waals surface area contributed by atoms with Crippen LogP contribution < -0.4 is 5.32 Å². The van der Waals surface area contributed by atoms with Crippen LogP contribution in [0, 0.1) is 0 Å². The first-order valence-corrected chi connectivity index (χ1v) is 38.4. The molecular formula is C80H143NO10. The summed E-state index contributed by atoms with van der Waals surface area (Å²) in [4.78, 5) is 26.7. The highest BCUT2D eigenvalue weighted by molar-refractivity contribution is 5.80. The quantitative estimate of drug-likeness (QED) is 0.0195. The van der Waals surface area contributed by atoms with E-state index < -0.39 is 67.4 Å². The van der Waals surface area contributed by atoms with Gasteiger partial charge in [-0.2, -0.15) is 0 Å². The van der Waals surface area contributed by atoms with E-state index in [1.54, 1.807) is 6.08 Å². The first-order chi connectivity index (χ1) is 44.7. The zero-order valence-electron chi connectivity index (χ0n) is 59.0. The monoisotopic (exact) mass is 1280 g/mol. The van der Waals surface area contributed by atoms with E-state index in [0.29, 0.717) is 19.3 Å². The number of carbonyl (C=O) groups is 2. The van der Waals surface area contributed by atoms with Gasteiger partial charge < -0.3 is 45.1 Å². The minimum atomic E-state index is -1.62. The first-order valence-electron chi connectivity index (χ1n) is 38.4. The molecule has 0 aromatic rings. The average molecular weight is 1280 g/mol. The summed E-state index contributed by atoms with van der Waals surface area (Å²) in [7, 11) is 0. The number of carbonyl (C=O) groups excluding carboxylic acids is 2. The second kappa shape index (κ2) is 66.8. The Balaban J connectivity index is 2.50. The minimum Gasteiger partial charge on any atom is -0.454 e. The maximum atomic E-state index is 13.5. The smallest absolute Gasteiger partial charge is 0.306 e. The molecule has 1 rings (SSSR count). The van der Waals surface area contributed by atoms with Gasteiger partial charge in [0.1, 0.15) is 24.4 Å². The fourth-order valence-corrected chi connectivity index (χ4v) is 11.8. The molecule has 0 aromatic heterocycles. The van der Waals surface area contributed by atoms with Crippen LogP contribution in [0.1, 0.15) is 348 Å². The molecule has 0 aromatic carbocycles. The van der Waals surface area contributed by atoms with Gasteiger partial charge in [0, 0.05) is 6.42 Å². The molecule has 6 N–H and O–H groups in total. The Morgan fingerprint density at radius 3 is 1.20 bits per heavy atom. The summed E-state index contributed by atoms with van der Waals surface area (Å²) in [5, 5.41) is 57.3. The zero-order valence-corrected chi connectivity index (χ0v) is 59.0. The molecule has 1 aliphatic rings. The lowest BCUT2D eigenvalue weighted by Crippen LogP contribution is -2.61. The highest BCUT2D eigenvalue weighted by Crippen LogP contribution is 2.26. The van der Waals surface area contributed by atoms with Crippen LogP contribution in [0.3, 0.4) is 0 Å². The molecule has 1 saturated heterocycles. The van der Waals surface area contributed by atoms with Crippen molar-refractivity contribution in [2.75, 3.05) is 13.2 Å². The van der Waals surface area contributed by atoms with Gasteiger partial charge in [0.2, 0.25) is 5.91 Å². The van der Waals surface area contributed by atoms with Gasteiger partial charge in [-0.3, -0.25) is 9.59 Å². The van der Waals surface area contributed by atoms with Crippen LogP contribution in [0.25, 0.3) is 0 Å². The molecule has 11 heteroatoms. The minimum absolute atomic E-state index is 0.114. The van der Waals surface area contributed by atoms with Crippen molar-refractivity contribution in [3.8, 4) is 0 Å². The van der Waals surface area contributed by atoms with Gasteiger partial charge in [-0.15, -0.1) is 0 Å². The summed E-state index contributed by atoms with van der Waals surface area (Å²) in [5.41, 5.74) is 0. The van der Waals surface area contributed by atoms with Crippen LogP contribution in [0.15, 0.2) is 85.1 Å².